The molecule has 112 valence electrons. The van der Waals surface area contributed by atoms with Crippen molar-refractivity contribution in [2.75, 3.05) is 0 Å². The molecule has 1 N–H and O–H groups in total. The zero-order chi connectivity index (χ0) is 15.9. The Balaban J connectivity index is 2.82. The van der Waals surface area contributed by atoms with Crippen LogP contribution in [0.5, 0.6) is 0 Å². The molecule has 0 radical (unpaired) electrons. The van der Waals surface area contributed by atoms with Crippen LogP contribution in [0.4, 0.5) is 17.6 Å². The van der Waals surface area contributed by atoms with Gasteiger partial charge in [-0.05, 0) is 25.1 Å². The molecule has 1 aromatic heterocycles. The van der Waals surface area contributed by atoms with Crippen molar-refractivity contribution in [1.82, 2.24) is 9.55 Å². The van der Waals surface area contributed by atoms with Crippen LogP contribution in [0.25, 0.3) is 5.69 Å². The molecule has 0 saturated carbocycles. The third-order valence-electron chi connectivity index (χ3n) is 2.77. The first kappa shape index (κ1) is 15.5. The molecule has 4 nitrogen and oxygen atoms in total. The molecule has 1 aromatic carbocycles. The summed E-state index contributed by atoms with van der Waals surface area (Å²) in [6.45, 7) is 0.911. The molecule has 0 spiro atoms. The molecule has 0 aliphatic heterocycles. The maximum absolute atomic E-state index is 13.8. The van der Waals surface area contributed by atoms with Crippen molar-refractivity contribution in [2.24, 2.45) is 0 Å². The smallest absolute Gasteiger partial charge is 0.302 e. The van der Waals surface area contributed by atoms with Crippen LogP contribution >= 0.6 is 15.9 Å². The predicted molar refractivity (Wildman–Crippen MR) is 70.1 cm³/mol. The molecular formula is C12H7BrF4N2O2. The van der Waals surface area contributed by atoms with Crippen molar-refractivity contribution in [1.29, 1.82) is 0 Å². The van der Waals surface area contributed by atoms with Crippen molar-refractivity contribution < 1.29 is 17.6 Å². The highest BCUT2D eigenvalue weighted by molar-refractivity contribution is 9.10. The molecule has 0 fully saturated rings. The predicted octanol–water partition coefficient (Wildman–Crippen LogP) is 2.75. The summed E-state index contributed by atoms with van der Waals surface area (Å²) in [5.74, 6) is -0.920. The van der Waals surface area contributed by atoms with E-state index in [9.17, 15) is 27.2 Å². The second-order valence-electron chi connectivity index (χ2n) is 4.16. The van der Waals surface area contributed by atoms with E-state index in [4.69, 9.17) is 0 Å². The molecule has 0 atom stereocenters. The van der Waals surface area contributed by atoms with Crippen LogP contribution < -0.4 is 11.2 Å². The first-order valence-corrected chi connectivity index (χ1v) is 6.31. The summed E-state index contributed by atoms with van der Waals surface area (Å²) in [6, 6.07) is 3.47. The molecule has 2 rings (SSSR count). The summed E-state index contributed by atoms with van der Waals surface area (Å²) in [5.41, 5.74) is -5.18. The minimum Gasteiger partial charge on any atom is -0.302 e. The highest BCUT2D eigenvalue weighted by atomic mass is 79.9. The first-order chi connectivity index (χ1) is 9.62. The second kappa shape index (κ2) is 5.14. The number of nitrogens with zero attached hydrogens (tertiary/aromatic N) is 1. The van der Waals surface area contributed by atoms with Crippen LogP contribution in [-0.4, -0.2) is 9.55 Å². The van der Waals surface area contributed by atoms with Gasteiger partial charge in [0, 0.05) is 10.0 Å². The Morgan fingerprint density at radius 1 is 1.24 bits per heavy atom. The van der Waals surface area contributed by atoms with Crippen LogP contribution in [0, 0.1) is 12.7 Å². The molecule has 2 aromatic rings. The van der Waals surface area contributed by atoms with Crippen molar-refractivity contribution in [2.45, 2.75) is 13.1 Å². The van der Waals surface area contributed by atoms with Gasteiger partial charge in [0.15, 0.2) is 0 Å². The average molecular weight is 367 g/mol. The number of alkyl halides is 3. The van der Waals surface area contributed by atoms with E-state index in [2.05, 4.69) is 15.9 Å². The van der Waals surface area contributed by atoms with Gasteiger partial charge in [-0.3, -0.25) is 4.79 Å². The van der Waals surface area contributed by atoms with Gasteiger partial charge in [0.05, 0.1) is 5.69 Å². The van der Waals surface area contributed by atoms with E-state index in [1.54, 1.807) is 4.98 Å². The number of hydrogen-bond acceptors (Lipinski definition) is 2. The Labute approximate surface area is 123 Å². The topological polar surface area (TPSA) is 54.9 Å². The number of aromatic nitrogens is 2. The Hall–Kier alpha value is -1.90. The van der Waals surface area contributed by atoms with E-state index >= 15 is 0 Å². The molecule has 0 amide bonds. The minimum atomic E-state index is -4.88. The molecule has 9 heteroatoms. The normalized spacial score (nSPS) is 11.7. The summed E-state index contributed by atoms with van der Waals surface area (Å²) < 4.78 is 52.5. The van der Waals surface area contributed by atoms with E-state index in [1.165, 1.54) is 6.07 Å². The summed E-state index contributed by atoms with van der Waals surface area (Å²) in [4.78, 5) is 25.3. The van der Waals surface area contributed by atoms with Gasteiger partial charge in [-0.1, -0.05) is 15.9 Å². The third-order valence-corrected chi connectivity index (χ3v) is 3.26. The Morgan fingerprint density at radius 3 is 2.38 bits per heavy atom. The minimum absolute atomic E-state index is 0.326. The monoisotopic (exact) mass is 366 g/mol. The summed E-state index contributed by atoms with van der Waals surface area (Å²) in [7, 11) is 0. The standard InChI is InChI=1S/C12H7BrF4N2O2/c1-5-9(12(15,16)17)18-11(21)19(10(5)20)8-3-2-6(13)4-7(8)14/h2-4H,1H3,(H,18,21). The van der Waals surface area contributed by atoms with Crippen LogP contribution in [-0.2, 0) is 6.18 Å². The van der Waals surface area contributed by atoms with Crippen molar-refractivity contribution >= 4 is 15.9 Å². The third kappa shape index (κ3) is 2.78. The summed E-state index contributed by atoms with van der Waals surface area (Å²) in [6.07, 6.45) is -4.88. The Bertz CT molecular complexity index is 823. The van der Waals surface area contributed by atoms with E-state index in [1.807, 2.05) is 0 Å². The molecule has 21 heavy (non-hydrogen) atoms. The highest BCUT2D eigenvalue weighted by Crippen LogP contribution is 2.28. The van der Waals surface area contributed by atoms with Gasteiger partial charge < -0.3 is 4.98 Å². The fraction of sp³-hybridized carbons (Fsp3) is 0.167. The Kier molecular flexibility index (Phi) is 3.79. The maximum Gasteiger partial charge on any atom is 0.431 e. The van der Waals surface area contributed by atoms with Crippen LogP contribution in [0.2, 0.25) is 0 Å². The second-order valence-corrected chi connectivity index (χ2v) is 5.08. The molecule has 0 unspecified atom stereocenters. The fourth-order valence-corrected chi connectivity index (χ4v) is 2.12. The average Bonchev–Trinajstić information content (AvgIpc) is 2.35. The van der Waals surface area contributed by atoms with Gasteiger partial charge in [-0.2, -0.15) is 13.2 Å². The maximum atomic E-state index is 13.8. The van der Waals surface area contributed by atoms with Gasteiger partial charge >= 0.3 is 11.9 Å². The lowest BCUT2D eigenvalue weighted by atomic mass is 10.2. The lowest BCUT2D eigenvalue weighted by Crippen LogP contribution is -2.38. The number of aromatic amines is 1. The van der Waals surface area contributed by atoms with Gasteiger partial charge in [-0.25, -0.2) is 13.8 Å². The lowest BCUT2D eigenvalue weighted by Gasteiger charge is -2.12. The largest absolute Gasteiger partial charge is 0.431 e. The number of halogens is 5. The number of H-pyrrole nitrogens is 1. The van der Waals surface area contributed by atoms with E-state index in [-0.39, 0.29) is 0 Å². The molecule has 0 saturated heterocycles. The Morgan fingerprint density at radius 2 is 1.86 bits per heavy atom. The number of hydrogen-bond donors (Lipinski definition) is 1. The van der Waals surface area contributed by atoms with Crippen LogP contribution in [0.15, 0.2) is 32.3 Å². The highest BCUT2D eigenvalue weighted by Gasteiger charge is 2.35. The van der Waals surface area contributed by atoms with Crippen LogP contribution in [0.1, 0.15) is 11.3 Å². The molecule has 0 aliphatic rings. The zero-order valence-corrected chi connectivity index (χ0v) is 12.0. The number of benzene rings is 1. The van der Waals surface area contributed by atoms with Gasteiger partial charge in [0.25, 0.3) is 5.56 Å². The van der Waals surface area contributed by atoms with Gasteiger partial charge in [0.2, 0.25) is 0 Å². The first-order valence-electron chi connectivity index (χ1n) is 5.51. The SMILES string of the molecule is Cc1c(C(F)(F)F)[nH]c(=O)n(-c2ccc(Br)cc2F)c1=O. The van der Waals surface area contributed by atoms with Crippen molar-refractivity contribution in [3.05, 3.63) is 60.6 Å². The summed E-state index contributed by atoms with van der Waals surface area (Å²) in [5, 5.41) is 0. The zero-order valence-electron chi connectivity index (χ0n) is 10.4. The summed E-state index contributed by atoms with van der Waals surface area (Å²) >= 11 is 3.00. The fourth-order valence-electron chi connectivity index (χ4n) is 1.79. The quantitative estimate of drug-likeness (QED) is 0.789. The van der Waals surface area contributed by atoms with Gasteiger partial charge in [-0.15, -0.1) is 0 Å². The number of rotatable bonds is 1. The molecule has 0 aliphatic carbocycles. The lowest BCUT2D eigenvalue weighted by molar-refractivity contribution is -0.142. The van der Waals surface area contributed by atoms with E-state index < -0.39 is 40.2 Å². The van der Waals surface area contributed by atoms with E-state index in [0.29, 0.717) is 9.04 Å². The van der Waals surface area contributed by atoms with Crippen LogP contribution in [0.3, 0.4) is 0 Å². The van der Waals surface area contributed by atoms with Crippen molar-refractivity contribution in [3.63, 3.8) is 0 Å². The number of nitrogens with one attached hydrogen (secondary N) is 1. The van der Waals surface area contributed by atoms with E-state index in [0.717, 1.165) is 19.1 Å². The van der Waals surface area contributed by atoms with Gasteiger partial charge in [0.1, 0.15) is 11.5 Å². The molecular weight excluding hydrogens is 360 g/mol. The van der Waals surface area contributed by atoms with Crippen molar-refractivity contribution in [3.8, 4) is 5.69 Å². The molecule has 0 bridgehead atoms. The molecule has 1 heterocycles.